The molecule has 0 saturated heterocycles. The summed E-state index contributed by atoms with van der Waals surface area (Å²) < 4.78 is 66.0. The van der Waals surface area contributed by atoms with Gasteiger partial charge in [-0.05, 0) is 42.0 Å². The zero-order valence-electron chi connectivity index (χ0n) is 20.2. The van der Waals surface area contributed by atoms with Gasteiger partial charge in [0.1, 0.15) is 12.1 Å². The van der Waals surface area contributed by atoms with E-state index in [0.717, 1.165) is 22.3 Å². The largest absolute Gasteiger partial charge is 0.439 e. The molecule has 0 aliphatic heterocycles. The maximum Gasteiger partial charge on any atom is 0.419 e. The minimum absolute atomic E-state index is 0.261. The second kappa shape index (κ2) is 10.9. The number of amides is 1. The van der Waals surface area contributed by atoms with E-state index in [2.05, 4.69) is 15.3 Å². The van der Waals surface area contributed by atoms with Gasteiger partial charge in [-0.15, -0.1) is 0 Å². The van der Waals surface area contributed by atoms with Crippen LogP contribution in [-0.4, -0.2) is 20.6 Å². The Labute approximate surface area is 219 Å². The highest BCUT2D eigenvalue weighted by Gasteiger charge is 2.35. The van der Waals surface area contributed by atoms with Gasteiger partial charge < -0.3 is 14.8 Å². The first kappa shape index (κ1) is 25.9. The maximum atomic E-state index is 14.3. The van der Waals surface area contributed by atoms with Crippen LogP contribution in [0, 0.1) is 5.82 Å². The molecule has 2 heterocycles. The molecule has 1 amide bonds. The van der Waals surface area contributed by atoms with E-state index in [-0.39, 0.29) is 6.61 Å². The second-order valence-electron chi connectivity index (χ2n) is 8.43. The number of halogens is 4. The Bertz CT molecular complexity index is 1620. The summed E-state index contributed by atoms with van der Waals surface area (Å²) in [6.45, 7) is 0.694. The van der Waals surface area contributed by atoms with Gasteiger partial charge >= 0.3 is 12.2 Å². The van der Waals surface area contributed by atoms with E-state index in [0.29, 0.717) is 40.9 Å². The number of fused-ring (bicyclic) bond motifs is 1. The minimum atomic E-state index is -4.89. The summed E-state index contributed by atoms with van der Waals surface area (Å²) in [4.78, 5) is 21.0. The first-order chi connectivity index (χ1) is 18.8. The third kappa shape index (κ3) is 6.04. The average molecular weight is 536 g/mol. The number of nitrogens with one attached hydrogen (secondary N) is 1. The van der Waals surface area contributed by atoms with E-state index >= 15 is 0 Å². The molecule has 5 aromatic rings. The molecule has 0 radical (unpaired) electrons. The molecule has 3 aromatic carbocycles. The van der Waals surface area contributed by atoms with Crippen LogP contribution in [0.4, 0.5) is 28.0 Å². The van der Waals surface area contributed by atoms with E-state index < -0.39 is 29.3 Å². The fraction of sp³-hybridized carbons (Fsp3) is 0.107. The van der Waals surface area contributed by atoms with Crippen LogP contribution < -0.4 is 10.1 Å². The molecule has 0 bridgehead atoms. The Morgan fingerprint density at radius 3 is 2.54 bits per heavy atom. The standard InChI is InChI=1S/C28H20F4N4O3/c29-26-22(28(30,31)32)7-4-8-23(26)35-27(37)36-12-11-19-13-21(9-10-24(19)36)39-25-14-20(33-17-34-25)16-38-15-18-5-2-1-3-6-18/h1-14,17H,15-16H2,(H,35,37). The van der Waals surface area contributed by atoms with Gasteiger partial charge in [-0.1, -0.05) is 36.4 Å². The first-order valence-corrected chi connectivity index (χ1v) is 11.7. The normalized spacial score (nSPS) is 11.5. The van der Waals surface area contributed by atoms with E-state index in [9.17, 15) is 22.4 Å². The van der Waals surface area contributed by atoms with Crippen LogP contribution in [0.2, 0.25) is 0 Å². The number of ether oxygens (including phenoxy) is 2. The molecule has 7 nitrogen and oxygen atoms in total. The summed E-state index contributed by atoms with van der Waals surface area (Å²) >= 11 is 0. The molecule has 0 saturated carbocycles. The van der Waals surface area contributed by atoms with Crippen LogP contribution >= 0.6 is 0 Å². The molecule has 198 valence electrons. The first-order valence-electron chi connectivity index (χ1n) is 11.7. The monoisotopic (exact) mass is 536 g/mol. The summed E-state index contributed by atoms with van der Waals surface area (Å²) in [6, 6.07) is 19.7. The lowest BCUT2D eigenvalue weighted by molar-refractivity contribution is -0.139. The van der Waals surface area contributed by atoms with Crippen molar-refractivity contribution in [3.05, 3.63) is 114 Å². The predicted octanol–water partition coefficient (Wildman–Crippen LogP) is 7.18. The molecule has 0 aliphatic carbocycles. The molecule has 0 fully saturated rings. The highest BCUT2D eigenvalue weighted by Crippen LogP contribution is 2.34. The van der Waals surface area contributed by atoms with Crippen molar-refractivity contribution >= 4 is 22.6 Å². The molecule has 11 heteroatoms. The van der Waals surface area contributed by atoms with E-state index in [1.165, 1.54) is 12.5 Å². The Kier molecular flexibility index (Phi) is 7.24. The summed E-state index contributed by atoms with van der Waals surface area (Å²) in [5.74, 6) is -0.834. The Balaban J connectivity index is 1.26. The minimum Gasteiger partial charge on any atom is -0.439 e. The number of aromatic nitrogens is 3. The van der Waals surface area contributed by atoms with Crippen LogP contribution in [-0.2, 0) is 24.1 Å². The number of benzene rings is 3. The Morgan fingerprint density at radius 1 is 0.923 bits per heavy atom. The zero-order chi connectivity index (χ0) is 27.4. The lowest BCUT2D eigenvalue weighted by atomic mass is 10.2. The number of alkyl halides is 3. The van der Waals surface area contributed by atoms with Crippen LogP contribution in [0.1, 0.15) is 16.8 Å². The number of hydrogen-bond donors (Lipinski definition) is 1. The Morgan fingerprint density at radius 2 is 1.74 bits per heavy atom. The van der Waals surface area contributed by atoms with E-state index in [1.807, 2.05) is 30.3 Å². The molecule has 0 aliphatic rings. The SMILES string of the molecule is O=C(Nc1cccc(C(F)(F)F)c1F)n1ccc2cc(Oc3cc(COCc4ccccc4)ncn3)ccc21. The number of hydrogen-bond acceptors (Lipinski definition) is 5. The van der Waals surface area contributed by atoms with Crippen molar-refractivity contribution in [2.24, 2.45) is 0 Å². The summed E-state index contributed by atoms with van der Waals surface area (Å²) in [6.07, 6.45) is -2.11. The van der Waals surface area contributed by atoms with E-state index in [1.54, 1.807) is 30.3 Å². The fourth-order valence-corrected chi connectivity index (χ4v) is 3.86. The third-order valence-electron chi connectivity index (χ3n) is 5.71. The van der Waals surface area contributed by atoms with Crippen molar-refractivity contribution in [3.63, 3.8) is 0 Å². The van der Waals surface area contributed by atoms with Gasteiger partial charge in [0.15, 0.2) is 5.82 Å². The molecular weight excluding hydrogens is 516 g/mol. The molecule has 1 N–H and O–H groups in total. The fourth-order valence-electron chi connectivity index (χ4n) is 3.86. The maximum absolute atomic E-state index is 14.3. The van der Waals surface area contributed by atoms with Crippen LogP contribution in [0.25, 0.3) is 10.9 Å². The van der Waals surface area contributed by atoms with Gasteiger partial charge in [-0.2, -0.15) is 13.2 Å². The number of rotatable bonds is 7. The lowest BCUT2D eigenvalue weighted by Crippen LogP contribution is -2.20. The Hall–Kier alpha value is -4.77. The summed E-state index contributed by atoms with van der Waals surface area (Å²) in [5.41, 5.74) is 0.0579. The van der Waals surface area contributed by atoms with Crippen molar-refractivity contribution in [1.29, 1.82) is 0 Å². The number of carbonyl (C=O) groups is 1. The van der Waals surface area contributed by atoms with Crippen molar-refractivity contribution < 1.29 is 31.8 Å². The van der Waals surface area contributed by atoms with Gasteiger partial charge in [0.25, 0.3) is 0 Å². The van der Waals surface area contributed by atoms with Gasteiger partial charge in [0.2, 0.25) is 5.88 Å². The predicted molar refractivity (Wildman–Crippen MR) is 135 cm³/mol. The summed E-state index contributed by atoms with van der Waals surface area (Å²) in [7, 11) is 0. The molecule has 0 spiro atoms. The molecule has 39 heavy (non-hydrogen) atoms. The summed E-state index contributed by atoms with van der Waals surface area (Å²) in [5, 5.41) is 2.80. The highest BCUT2D eigenvalue weighted by molar-refractivity contribution is 5.98. The second-order valence-corrected chi connectivity index (χ2v) is 8.43. The van der Waals surface area contributed by atoms with Crippen molar-refractivity contribution in [3.8, 4) is 11.6 Å². The van der Waals surface area contributed by atoms with E-state index in [4.69, 9.17) is 9.47 Å². The molecule has 0 atom stereocenters. The van der Waals surface area contributed by atoms with Gasteiger partial charge in [-0.25, -0.2) is 19.2 Å². The smallest absolute Gasteiger partial charge is 0.419 e. The van der Waals surface area contributed by atoms with Crippen LogP contribution in [0.5, 0.6) is 11.6 Å². The third-order valence-corrected chi connectivity index (χ3v) is 5.71. The van der Waals surface area contributed by atoms with Gasteiger partial charge in [0.05, 0.1) is 35.7 Å². The molecule has 0 unspecified atom stereocenters. The highest BCUT2D eigenvalue weighted by atomic mass is 19.4. The van der Waals surface area contributed by atoms with Crippen molar-refractivity contribution in [2.75, 3.05) is 5.32 Å². The van der Waals surface area contributed by atoms with Crippen molar-refractivity contribution in [1.82, 2.24) is 14.5 Å². The number of carbonyl (C=O) groups excluding carboxylic acids is 1. The number of nitrogens with zero attached hydrogens (tertiary/aromatic N) is 3. The average Bonchev–Trinajstić information content (AvgIpc) is 3.33. The quantitative estimate of drug-likeness (QED) is 0.223. The molecule has 5 rings (SSSR count). The molecule has 2 aromatic heterocycles. The van der Waals surface area contributed by atoms with Gasteiger partial charge in [0, 0.05) is 17.6 Å². The lowest BCUT2D eigenvalue weighted by Gasteiger charge is -2.13. The van der Waals surface area contributed by atoms with Crippen LogP contribution in [0.15, 0.2) is 91.4 Å². The number of anilines is 1. The van der Waals surface area contributed by atoms with Gasteiger partial charge in [-0.3, -0.25) is 4.57 Å². The zero-order valence-corrected chi connectivity index (χ0v) is 20.2. The topological polar surface area (TPSA) is 78.3 Å². The molecular formula is C28H20F4N4O3. The van der Waals surface area contributed by atoms with Crippen LogP contribution in [0.3, 0.4) is 0 Å². The van der Waals surface area contributed by atoms with Crippen molar-refractivity contribution in [2.45, 2.75) is 19.4 Å².